The number of aryl methyl sites for hydroxylation is 1. The van der Waals surface area contributed by atoms with Crippen molar-refractivity contribution in [2.75, 3.05) is 14.2 Å². The Bertz CT molecular complexity index is 406. The van der Waals surface area contributed by atoms with E-state index >= 15 is 0 Å². The van der Waals surface area contributed by atoms with Crippen molar-refractivity contribution >= 4 is 5.78 Å². The quantitative estimate of drug-likeness (QED) is 0.803. The number of carbonyl (C=O) groups is 1. The number of rotatable bonds is 4. The third kappa shape index (κ3) is 2.35. The third-order valence-corrected chi connectivity index (χ3v) is 2.80. The van der Waals surface area contributed by atoms with E-state index in [1.54, 1.807) is 14.2 Å². The fraction of sp³-hybridized carbons (Fsp3) is 0.462. The molecule has 4 heteroatoms. The molecule has 0 spiro atoms. The molecule has 4 nitrogen and oxygen atoms in total. The van der Waals surface area contributed by atoms with Crippen molar-refractivity contribution in [2.45, 2.75) is 25.9 Å². The summed E-state index contributed by atoms with van der Waals surface area (Å²) in [6.07, 6.45) is 0.897. The van der Waals surface area contributed by atoms with Gasteiger partial charge in [-0.1, -0.05) is 0 Å². The summed E-state index contributed by atoms with van der Waals surface area (Å²) in [4.78, 5) is 10.9. The van der Waals surface area contributed by atoms with Crippen molar-refractivity contribution in [2.24, 2.45) is 0 Å². The lowest BCUT2D eigenvalue weighted by molar-refractivity contribution is -0.129. The van der Waals surface area contributed by atoms with E-state index in [0.717, 1.165) is 5.56 Å². The van der Waals surface area contributed by atoms with Gasteiger partial charge >= 0.3 is 0 Å². The van der Waals surface area contributed by atoms with Crippen LogP contribution in [0.5, 0.6) is 17.2 Å². The standard InChI is InChI=1S/C13H16O4/c1-8-4-11(15-2)13(12(5-8)16-3)17-10-6-9(14)7-10/h4-5,10H,6-7H2,1-3H3. The van der Waals surface area contributed by atoms with Gasteiger partial charge in [0, 0.05) is 12.8 Å². The van der Waals surface area contributed by atoms with Crippen molar-refractivity contribution in [3.8, 4) is 17.2 Å². The molecule has 1 aliphatic rings. The van der Waals surface area contributed by atoms with E-state index in [1.165, 1.54) is 0 Å². The molecule has 0 aliphatic heterocycles. The molecule has 1 aromatic carbocycles. The highest BCUT2D eigenvalue weighted by Crippen LogP contribution is 2.40. The molecular formula is C13H16O4. The number of methoxy groups -OCH3 is 2. The van der Waals surface area contributed by atoms with Crippen LogP contribution >= 0.6 is 0 Å². The average molecular weight is 236 g/mol. The maximum absolute atomic E-state index is 10.9. The molecule has 0 bridgehead atoms. The molecule has 1 saturated carbocycles. The van der Waals surface area contributed by atoms with Gasteiger partial charge in [-0.15, -0.1) is 0 Å². The highest BCUT2D eigenvalue weighted by atomic mass is 16.5. The average Bonchev–Trinajstić information content (AvgIpc) is 2.28. The smallest absolute Gasteiger partial charge is 0.203 e. The Kier molecular flexibility index (Phi) is 3.22. The SMILES string of the molecule is COc1cc(C)cc(OC)c1OC1CC(=O)C1. The molecule has 0 saturated heterocycles. The zero-order chi connectivity index (χ0) is 12.4. The van der Waals surface area contributed by atoms with Gasteiger partial charge < -0.3 is 14.2 Å². The zero-order valence-corrected chi connectivity index (χ0v) is 10.3. The van der Waals surface area contributed by atoms with Crippen molar-refractivity contribution in [3.05, 3.63) is 17.7 Å². The molecule has 1 aliphatic carbocycles. The summed E-state index contributed by atoms with van der Waals surface area (Å²) >= 11 is 0. The number of benzene rings is 1. The first-order chi connectivity index (χ1) is 8.13. The second kappa shape index (κ2) is 4.65. The van der Waals surface area contributed by atoms with E-state index < -0.39 is 0 Å². The second-order valence-corrected chi connectivity index (χ2v) is 4.19. The fourth-order valence-electron chi connectivity index (χ4n) is 1.83. The van der Waals surface area contributed by atoms with Crippen molar-refractivity contribution in [1.29, 1.82) is 0 Å². The van der Waals surface area contributed by atoms with Crippen LogP contribution in [0.1, 0.15) is 18.4 Å². The molecule has 1 aromatic rings. The predicted molar refractivity (Wildman–Crippen MR) is 62.9 cm³/mol. The number of Topliss-reactive ketones (excluding diaryl/α,β-unsaturated/α-hetero) is 1. The minimum absolute atomic E-state index is 0.0481. The Labute approximate surface area is 100 Å². The van der Waals surface area contributed by atoms with Crippen molar-refractivity contribution in [3.63, 3.8) is 0 Å². The molecule has 17 heavy (non-hydrogen) atoms. The van der Waals surface area contributed by atoms with Gasteiger partial charge in [0.05, 0.1) is 14.2 Å². The van der Waals surface area contributed by atoms with Crippen LogP contribution < -0.4 is 14.2 Å². The van der Waals surface area contributed by atoms with Crippen LogP contribution in [0.15, 0.2) is 12.1 Å². The van der Waals surface area contributed by atoms with Crippen LogP contribution in [0.2, 0.25) is 0 Å². The third-order valence-electron chi connectivity index (χ3n) is 2.80. The summed E-state index contributed by atoms with van der Waals surface area (Å²) in [5, 5.41) is 0. The number of carbonyl (C=O) groups excluding carboxylic acids is 1. The summed E-state index contributed by atoms with van der Waals surface area (Å²) in [5.74, 6) is 2.10. The molecule has 0 atom stereocenters. The maximum Gasteiger partial charge on any atom is 0.203 e. The molecule has 0 heterocycles. The maximum atomic E-state index is 10.9. The number of ether oxygens (including phenoxy) is 3. The Balaban J connectivity index is 2.26. The highest BCUT2D eigenvalue weighted by Gasteiger charge is 2.30. The number of hydrogen-bond donors (Lipinski definition) is 0. The lowest BCUT2D eigenvalue weighted by Crippen LogP contribution is -2.33. The first-order valence-electron chi connectivity index (χ1n) is 5.55. The summed E-state index contributed by atoms with van der Waals surface area (Å²) in [5.41, 5.74) is 1.04. The van der Waals surface area contributed by atoms with E-state index in [1.807, 2.05) is 19.1 Å². The van der Waals surface area contributed by atoms with Gasteiger partial charge in [0.15, 0.2) is 11.5 Å². The van der Waals surface area contributed by atoms with Crippen LogP contribution in [0.25, 0.3) is 0 Å². The van der Waals surface area contributed by atoms with E-state index in [9.17, 15) is 4.79 Å². The molecule has 0 unspecified atom stereocenters. The second-order valence-electron chi connectivity index (χ2n) is 4.19. The normalized spacial score (nSPS) is 15.4. The monoisotopic (exact) mass is 236 g/mol. The first-order valence-corrected chi connectivity index (χ1v) is 5.55. The summed E-state index contributed by atoms with van der Waals surface area (Å²) in [7, 11) is 3.18. The molecule has 92 valence electrons. The van der Waals surface area contributed by atoms with Crippen LogP contribution in [-0.4, -0.2) is 26.1 Å². The van der Waals surface area contributed by atoms with Gasteiger partial charge in [0.2, 0.25) is 5.75 Å². The molecule has 0 radical (unpaired) electrons. The van der Waals surface area contributed by atoms with Crippen molar-refractivity contribution in [1.82, 2.24) is 0 Å². The van der Waals surface area contributed by atoms with Crippen LogP contribution in [0, 0.1) is 6.92 Å². The molecule has 0 N–H and O–H groups in total. The molecule has 0 amide bonds. The van der Waals surface area contributed by atoms with Gasteiger partial charge in [0.25, 0.3) is 0 Å². The van der Waals surface area contributed by atoms with E-state index in [-0.39, 0.29) is 11.9 Å². The van der Waals surface area contributed by atoms with Gasteiger partial charge in [0.1, 0.15) is 11.9 Å². The zero-order valence-electron chi connectivity index (χ0n) is 10.3. The van der Waals surface area contributed by atoms with Gasteiger partial charge in [-0.05, 0) is 24.6 Å². The Morgan fingerprint density at radius 3 is 2.06 bits per heavy atom. The van der Waals surface area contributed by atoms with Crippen molar-refractivity contribution < 1.29 is 19.0 Å². The predicted octanol–water partition coefficient (Wildman–Crippen LogP) is 2.12. The van der Waals surface area contributed by atoms with E-state index in [0.29, 0.717) is 30.1 Å². The number of hydrogen-bond acceptors (Lipinski definition) is 4. The topological polar surface area (TPSA) is 44.8 Å². The Morgan fingerprint density at radius 2 is 1.65 bits per heavy atom. The van der Waals surface area contributed by atoms with Gasteiger partial charge in [-0.25, -0.2) is 0 Å². The number of ketones is 1. The lowest BCUT2D eigenvalue weighted by Gasteiger charge is -2.27. The molecule has 2 rings (SSSR count). The minimum atomic E-state index is -0.0481. The molecular weight excluding hydrogens is 220 g/mol. The molecule has 0 aromatic heterocycles. The largest absolute Gasteiger partial charge is 0.493 e. The van der Waals surface area contributed by atoms with Crippen LogP contribution in [0.3, 0.4) is 0 Å². The summed E-state index contributed by atoms with van der Waals surface area (Å²) in [6.45, 7) is 1.96. The summed E-state index contributed by atoms with van der Waals surface area (Å²) in [6, 6.07) is 3.77. The fourth-order valence-corrected chi connectivity index (χ4v) is 1.83. The highest BCUT2D eigenvalue weighted by molar-refractivity contribution is 5.85. The van der Waals surface area contributed by atoms with Gasteiger partial charge in [-0.3, -0.25) is 4.79 Å². The summed E-state index contributed by atoms with van der Waals surface area (Å²) < 4.78 is 16.3. The minimum Gasteiger partial charge on any atom is -0.493 e. The van der Waals surface area contributed by atoms with E-state index in [2.05, 4.69) is 0 Å². The Morgan fingerprint density at radius 1 is 1.12 bits per heavy atom. The van der Waals surface area contributed by atoms with Crippen LogP contribution in [0.4, 0.5) is 0 Å². The first kappa shape index (κ1) is 11.8. The van der Waals surface area contributed by atoms with E-state index in [4.69, 9.17) is 14.2 Å². The lowest BCUT2D eigenvalue weighted by atomic mass is 9.94. The van der Waals surface area contributed by atoms with Gasteiger partial charge in [-0.2, -0.15) is 0 Å². The molecule has 1 fully saturated rings. The van der Waals surface area contributed by atoms with Crippen LogP contribution in [-0.2, 0) is 4.79 Å². The Hall–Kier alpha value is -1.71.